The van der Waals surface area contributed by atoms with Crippen LogP contribution in [0.15, 0.2) is 35.1 Å². The van der Waals surface area contributed by atoms with E-state index in [4.69, 9.17) is 4.42 Å². The number of amides is 1. The number of pyridine rings is 1. The van der Waals surface area contributed by atoms with Crippen molar-refractivity contribution in [2.24, 2.45) is 0 Å². The van der Waals surface area contributed by atoms with Gasteiger partial charge >= 0.3 is 0 Å². The summed E-state index contributed by atoms with van der Waals surface area (Å²) < 4.78 is 7.06. The molecule has 3 aromatic heterocycles. The summed E-state index contributed by atoms with van der Waals surface area (Å²) in [6.45, 7) is 5.13. The molecule has 0 atom stereocenters. The summed E-state index contributed by atoms with van der Waals surface area (Å²) in [6, 6.07) is 5.58. The zero-order valence-corrected chi connectivity index (χ0v) is 12.7. The number of aromatic nitrogens is 3. The monoisotopic (exact) mass is 298 g/mol. The summed E-state index contributed by atoms with van der Waals surface area (Å²) in [5.74, 6) is 0.734. The van der Waals surface area contributed by atoms with Gasteiger partial charge in [-0.1, -0.05) is 0 Å². The lowest BCUT2D eigenvalue weighted by Gasteiger charge is -2.07. The first-order valence-electron chi connectivity index (χ1n) is 7.32. The van der Waals surface area contributed by atoms with Crippen molar-refractivity contribution in [3.63, 3.8) is 0 Å². The molecule has 0 bridgehead atoms. The van der Waals surface area contributed by atoms with Gasteiger partial charge in [-0.25, -0.2) is 9.67 Å². The first kappa shape index (κ1) is 14.3. The quantitative estimate of drug-likeness (QED) is 0.784. The van der Waals surface area contributed by atoms with Crippen LogP contribution in [0, 0.1) is 6.92 Å². The maximum atomic E-state index is 12.3. The summed E-state index contributed by atoms with van der Waals surface area (Å²) in [5.41, 5.74) is 2.10. The fourth-order valence-corrected chi connectivity index (χ4v) is 2.41. The van der Waals surface area contributed by atoms with Crippen LogP contribution in [0.5, 0.6) is 0 Å². The number of hydrogen-bond donors (Lipinski definition) is 1. The smallest absolute Gasteiger partial charge is 0.253 e. The second-order valence-electron chi connectivity index (χ2n) is 5.08. The number of fused-ring (bicyclic) bond motifs is 1. The van der Waals surface area contributed by atoms with E-state index >= 15 is 0 Å². The summed E-state index contributed by atoms with van der Waals surface area (Å²) in [4.78, 5) is 16.8. The Morgan fingerprint density at radius 3 is 3.05 bits per heavy atom. The number of aryl methyl sites for hydroxylation is 2. The number of nitrogens with one attached hydrogen (secondary N) is 1. The Labute approximate surface area is 128 Å². The van der Waals surface area contributed by atoms with Crippen molar-refractivity contribution in [3.05, 3.63) is 47.7 Å². The van der Waals surface area contributed by atoms with Crippen molar-refractivity contribution < 1.29 is 9.21 Å². The van der Waals surface area contributed by atoms with Gasteiger partial charge in [0.05, 0.1) is 23.7 Å². The van der Waals surface area contributed by atoms with Gasteiger partial charge in [-0.3, -0.25) is 4.79 Å². The number of hydrogen-bond acceptors (Lipinski definition) is 4. The molecule has 0 aliphatic carbocycles. The number of rotatable bonds is 5. The third kappa shape index (κ3) is 2.72. The van der Waals surface area contributed by atoms with Crippen LogP contribution in [-0.2, 0) is 13.0 Å². The van der Waals surface area contributed by atoms with Gasteiger partial charge in [-0.15, -0.1) is 0 Å². The molecule has 3 rings (SSSR count). The van der Waals surface area contributed by atoms with E-state index in [1.807, 2.05) is 36.7 Å². The molecule has 0 saturated carbocycles. The zero-order valence-electron chi connectivity index (χ0n) is 12.7. The molecular formula is C16H18N4O2. The standard InChI is InChI=1S/C16H18N4O2/c1-3-20-15-12(10-18-20)9-14(11(2)19-15)16(21)17-7-6-13-5-4-8-22-13/h4-5,8-10H,3,6-7H2,1-2H3,(H,17,21). The molecule has 114 valence electrons. The Balaban J connectivity index is 1.74. The normalized spacial score (nSPS) is 11.0. The van der Waals surface area contributed by atoms with E-state index in [0.29, 0.717) is 24.2 Å². The van der Waals surface area contributed by atoms with Gasteiger partial charge in [-0.05, 0) is 32.0 Å². The van der Waals surface area contributed by atoms with E-state index in [2.05, 4.69) is 15.4 Å². The average Bonchev–Trinajstić information content (AvgIpc) is 3.15. The maximum Gasteiger partial charge on any atom is 0.253 e. The second-order valence-corrected chi connectivity index (χ2v) is 5.08. The first-order chi connectivity index (χ1) is 10.7. The molecule has 3 aromatic rings. The number of furan rings is 1. The van der Waals surface area contributed by atoms with Crippen LogP contribution in [0.2, 0.25) is 0 Å². The van der Waals surface area contributed by atoms with E-state index in [-0.39, 0.29) is 5.91 Å². The third-order valence-electron chi connectivity index (χ3n) is 3.58. The van der Waals surface area contributed by atoms with Crippen LogP contribution >= 0.6 is 0 Å². The molecule has 22 heavy (non-hydrogen) atoms. The highest BCUT2D eigenvalue weighted by atomic mass is 16.3. The Morgan fingerprint density at radius 1 is 1.45 bits per heavy atom. The predicted octanol–water partition coefficient (Wildman–Crippen LogP) is 2.33. The van der Waals surface area contributed by atoms with Crippen LogP contribution in [0.3, 0.4) is 0 Å². The molecule has 0 fully saturated rings. The second kappa shape index (κ2) is 6.01. The molecule has 0 aliphatic heterocycles. The molecule has 1 N–H and O–H groups in total. The highest BCUT2D eigenvalue weighted by molar-refractivity contribution is 5.98. The van der Waals surface area contributed by atoms with Gasteiger partial charge in [-0.2, -0.15) is 5.10 Å². The van der Waals surface area contributed by atoms with E-state index in [1.54, 1.807) is 12.5 Å². The van der Waals surface area contributed by atoms with Gasteiger partial charge in [0, 0.05) is 24.9 Å². The minimum absolute atomic E-state index is 0.122. The van der Waals surface area contributed by atoms with Gasteiger partial charge in [0.15, 0.2) is 5.65 Å². The van der Waals surface area contributed by atoms with E-state index in [9.17, 15) is 4.79 Å². The molecule has 6 nitrogen and oxygen atoms in total. The van der Waals surface area contributed by atoms with E-state index in [1.165, 1.54) is 0 Å². The van der Waals surface area contributed by atoms with Gasteiger partial charge in [0.25, 0.3) is 5.91 Å². The van der Waals surface area contributed by atoms with Crippen LogP contribution in [0.4, 0.5) is 0 Å². The number of nitrogens with zero attached hydrogens (tertiary/aromatic N) is 3. The molecule has 0 spiro atoms. The maximum absolute atomic E-state index is 12.3. The molecule has 0 unspecified atom stereocenters. The fraction of sp³-hybridized carbons (Fsp3) is 0.312. The SMILES string of the molecule is CCn1ncc2cc(C(=O)NCCc3ccco3)c(C)nc21. The van der Waals surface area contributed by atoms with Gasteiger partial charge in [0.2, 0.25) is 0 Å². The van der Waals surface area contributed by atoms with Gasteiger partial charge < -0.3 is 9.73 Å². The summed E-state index contributed by atoms with van der Waals surface area (Å²) in [6.07, 6.45) is 4.04. The summed E-state index contributed by atoms with van der Waals surface area (Å²) >= 11 is 0. The topological polar surface area (TPSA) is 73.0 Å². The Hall–Kier alpha value is -2.63. The van der Waals surface area contributed by atoms with Gasteiger partial charge in [0.1, 0.15) is 5.76 Å². The van der Waals surface area contributed by atoms with Crippen molar-refractivity contribution in [1.82, 2.24) is 20.1 Å². The molecule has 0 aliphatic rings. The minimum atomic E-state index is -0.122. The predicted molar refractivity (Wildman–Crippen MR) is 82.7 cm³/mol. The average molecular weight is 298 g/mol. The summed E-state index contributed by atoms with van der Waals surface area (Å²) in [7, 11) is 0. The highest BCUT2D eigenvalue weighted by Crippen LogP contribution is 2.16. The number of carbonyl (C=O) groups excluding carboxylic acids is 1. The van der Waals surface area contributed by atoms with E-state index in [0.717, 1.165) is 23.3 Å². The zero-order chi connectivity index (χ0) is 15.5. The van der Waals surface area contributed by atoms with Crippen molar-refractivity contribution in [2.75, 3.05) is 6.54 Å². The van der Waals surface area contributed by atoms with Crippen molar-refractivity contribution >= 4 is 16.9 Å². The Kier molecular flexibility index (Phi) is 3.91. The third-order valence-corrected chi connectivity index (χ3v) is 3.58. The van der Waals surface area contributed by atoms with Crippen molar-refractivity contribution in [1.29, 1.82) is 0 Å². The van der Waals surface area contributed by atoms with Crippen molar-refractivity contribution in [2.45, 2.75) is 26.8 Å². The Bertz CT molecular complexity index is 790. The lowest BCUT2D eigenvalue weighted by molar-refractivity contribution is 0.0953. The minimum Gasteiger partial charge on any atom is -0.469 e. The Morgan fingerprint density at radius 2 is 2.32 bits per heavy atom. The number of carbonyl (C=O) groups is 1. The van der Waals surface area contributed by atoms with Crippen LogP contribution in [0.1, 0.15) is 28.7 Å². The van der Waals surface area contributed by atoms with E-state index < -0.39 is 0 Å². The molecule has 1 amide bonds. The lowest BCUT2D eigenvalue weighted by Crippen LogP contribution is -2.26. The van der Waals surface area contributed by atoms with Crippen molar-refractivity contribution in [3.8, 4) is 0 Å². The molecule has 0 radical (unpaired) electrons. The van der Waals surface area contributed by atoms with Crippen LogP contribution in [0.25, 0.3) is 11.0 Å². The van der Waals surface area contributed by atoms with Crippen LogP contribution in [-0.4, -0.2) is 27.2 Å². The highest BCUT2D eigenvalue weighted by Gasteiger charge is 2.13. The molecule has 3 heterocycles. The lowest BCUT2D eigenvalue weighted by atomic mass is 10.1. The largest absolute Gasteiger partial charge is 0.469 e. The molecule has 0 aromatic carbocycles. The molecule has 0 saturated heterocycles. The first-order valence-corrected chi connectivity index (χ1v) is 7.32. The summed E-state index contributed by atoms with van der Waals surface area (Å²) in [5, 5.41) is 8.04. The molecular weight excluding hydrogens is 280 g/mol. The van der Waals surface area contributed by atoms with Crippen LogP contribution < -0.4 is 5.32 Å². The molecule has 6 heteroatoms. The fourth-order valence-electron chi connectivity index (χ4n) is 2.41.